The Labute approximate surface area is 104 Å². The first-order valence-corrected chi connectivity index (χ1v) is 7.88. The van der Waals surface area contributed by atoms with Crippen molar-refractivity contribution in [2.24, 2.45) is 0 Å². The molecule has 17 heavy (non-hydrogen) atoms. The second kappa shape index (κ2) is 4.21. The first-order chi connectivity index (χ1) is 7.74. The Morgan fingerprint density at radius 1 is 1.29 bits per heavy atom. The van der Waals surface area contributed by atoms with Crippen LogP contribution in [0, 0.1) is 0 Å². The van der Waals surface area contributed by atoms with Crippen molar-refractivity contribution in [2.45, 2.75) is 69.3 Å². The lowest BCUT2D eigenvalue weighted by molar-refractivity contribution is 0.297. The lowest BCUT2D eigenvalue weighted by Gasteiger charge is -2.33. The molecule has 0 spiro atoms. The highest BCUT2D eigenvalue weighted by Crippen LogP contribution is 2.38. The molecule has 0 aromatic rings. The van der Waals surface area contributed by atoms with Crippen LogP contribution in [0.25, 0.3) is 0 Å². The largest absolute Gasteiger partial charge is 0.373 e. The third-order valence-electron chi connectivity index (χ3n) is 3.74. The van der Waals surface area contributed by atoms with Gasteiger partial charge >= 0.3 is 0 Å². The number of rotatable bonds is 4. The van der Waals surface area contributed by atoms with E-state index in [-0.39, 0.29) is 11.6 Å². The van der Waals surface area contributed by atoms with Gasteiger partial charge in [-0.25, -0.2) is 13.1 Å². The van der Waals surface area contributed by atoms with Crippen LogP contribution in [0.3, 0.4) is 0 Å². The normalized spacial score (nSPS) is 28.3. The minimum absolute atomic E-state index is 0.243. The maximum Gasteiger partial charge on any atom is 0.217 e. The molecule has 1 N–H and O–H groups in total. The fourth-order valence-electron chi connectivity index (χ4n) is 2.46. The Hall–Kier alpha value is -0.130. The molecule has 0 radical (unpaired) electrons. The van der Waals surface area contributed by atoms with Crippen molar-refractivity contribution >= 4 is 10.0 Å². The van der Waals surface area contributed by atoms with Gasteiger partial charge in [0.25, 0.3) is 0 Å². The summed E-state index contributed by atoms with van der Waals surface area (Å²) in [5.41, 5.74) is -0.243. The summed E-state index contributed by atoms with van der Waals surface area (Å²) in [6.07, 6.45) is 5.22. The van der Waals surface area contributed by atoms with Crippen molar-refractivity contribution < 1.29 is 13.2 Å². The zero-order chi connectivity index (χ0) is 12.7. The summed E-state index contributed by atoms with van der Waals surface area (Å²) in [6, 6.07) is 0. The molecule has 1 aliphatic heterocycles. The molecule has 2 aliphatic rings. The molecule has 1 aliphatic carbocycles. The minimum atomic E-state index is -3.26. The molecule has 2 fully saturated rings. The van der Waals surface area contributed by atoms with Gasteiger partial charge in [-0.15, -0.1) is 0 Å². The van der Waals surface area contributed by atoms with Gasteiger partial charge in [0.1, 0.15) is 0 Å². The first-order valence-electron chi connectivity index (χ1n) is 6.39. The third kappa shape index (κ3) is 3.01. The van der Waals surface area contributed by atoms with Crippen LogP contribution in [0.2, 0.25) is 0 Å². The van der Waals surface area contributed by atoms with Gasteiger partial charge in [-0.3, -0.25) is 0 Å². The topological polar surface area (TPSA) is 58.7 Å². The van der Waals surface area contributed by atoms with E-state index in [4.69, 9.17) is 4.74 Å². The summed E-state index contributed by atoms with van der Waals surface area (Å²) >= 11 is 0. The highest BCUT2D eigenvalue weighted by atomic mass is 32.2. The van der Waals surface area contributed by atoms with Crippen molar-refractivity contribution in [3.05, 3.63) is 0 Å². The van der Waals surface area contributed by atoms with Crippen LogP contribution >= 0.6 is 0 Å². The fraction of sp³-hybridized carbons (Fsp3) is 1.00. The molecular weight excluding hydrogens is 238 g/mol. The molecule has 1 atom stereocenters. The van der Waals surface area contributed by atoms with Gasteiger partial charge in [-0.05, 0) is 40.0 Å². The molecule has 1 saturated heterocycles. The molecule has 1 saturated carbocycles. The molecule has 1 heterocycles. The Morgan fingerprint density at radius 3 is 2.24 bits per heavy atom. The van der Waals surface area contributed by atoms with Crippen molar-refractivity contribution in [1.82, 2.24) is 4.72 Å². The van der Waals surface area contributed by atoms with E-state index in [2.05, 4.69) is 4.72 Å². The summed E-state index contributed by atoms with van der Waals surface area (Å²) in [5, 5.41) is 0. The lowest BCUT2D eigenvalue weighted by atomic mass is 9.93. The van der Waals surface area contributed by atoms with Crippen LogP contribution in [0.1, 0.15) is 52.9 Å². The molecule has 5 heteroatoms. The van der Waals surface area contributed by atoms with E-state index < -0.39 is 14.8 Å². The maximum atomic E-state index is 12.3. The summed E-state index contributed by atoms with van der Waals surface area (Å²) < 4.78 is 32.0. The molecule has 4 nitrogen and oxygen atoms in total. The molecular formula is C12H23NO3S. The van der Waals surface area contributed by atoms with Gasteiger partial charge in [0.2, 0.25) is 10.0 Å². The number of hydrogen-bond donors (Lipinski definition) is 1. The van der Waals surface area contributed by atoms with Crippen LogP contribution in [0.15, 0.2) is 0 Å². The van der Waals surface area contributed by atoms with Crippen LogP contribution in [-0.2, 0) is 14.8 Å². The molecule has 0 aromatic heterocycles. The summed E-state index contributed by atoms with van der Waals surface area (Å²) in [6.45, 7) is 6.02. The standard InChI is InChI=1S/C12H23NO3S/c1-11(2,3)17(14,15)13-12(6-4-5-7-12)8-10-9-16-10/h10,13H,4-9H2,1-3H3/t10-/m0/s1. The highest BCUT2D eigenvalue weighted by Gasteiger charge is 2.44. The van der Waals surface area contributed by atoms with E-state index in [1.165, 1.54) is 0 Å². The molecule has 0 aromatic carbocycles. The summed E-state index contributed by atoms with van der Waals surface area (Å²) in [5.74, 6) is 0. The maximum absolute atomic E-state index is 12.3. The Kier molecular flexibility index (Phi) is 3.30. The van der Waals surface area contributed by atoms with Gasteiger partial charge in [-0.2, -0.15) is 0 Å². The third-order valence-corrected chi connectivity index (χ3v) is 6.05. The monoisotopic (exact) mass is 261 g/mol. The van der Waals surface area contributed by atoms with E-state index >= 15 is 0 Å². The quantitative estimate of drug-likeness (QED) is 0.785. The van der Waals surface area contributed by atoms with Crippen LogP contribution < -0.4 is 4.72 Å². The second-order valence-electron chi connectivity index (χ2n) is 6.36. The van der Waals surface area contributed by atoms with Crippen molar-refractivity contribution in [3.8, 4) is 0 Å². The average molecular weight is 261 g/mol. The zero-order valence-electron chi connectivity index (χ0n) is 11.0. The van der Waals surface area contributed by atoms with E-state index in [1.807, 2.05) is 0 Å². The number of epoxide rings is 1. The van der Waals surface area contributed by atoms with E-state index in [9.17, 15) is 8.42 Å². The molecule has 0 bridgehead atoms. The number of sulfonamides is 1. The number of hydrogen-bond acceptors (Lipinski definition) is 3. The molecule has 2 rings (SSSR count). The lowest BCUT2D eigenvalue weighted by Crippen LogP contribution is -2.52. The molecule has 0 unspecified atom stereocenters. The Bertz CT molecular complexity index is 373. The highest BCUT2D eigenvalue weighted by molar-refractivity contribution is 7.90. The summed E-state index contributed by atoms with van der Waals surface area (Å²) in [7, 11) is -3.26. The van der Waals surface area contributed by atoms with E-state index in [0.29, 0.717) is 0 Å². The van der Waals surface area contributed by atoms with Gasteiger partial charge < -0.3 is 4.74 Å². The number of nitrogens with one attached hydrogen (secondary N) is 1. The van der Waals surface area contributed by atoms with Gasteiger partial charge in [0.15, 0.2) is 0 Å². The Balaban J connectivity index is 2.12. The van der Waals surface area contributed by atoms with E-state index in [0.717, 1.165) is 38.7 Å². The number of ether oxygens (including phenoxy) is 1. The first kappa shape index (κ1) is 13.3. The van der Waals surface area contributed by atoms with Crippen LogP contribution in [0.4, 0.5) is 0 Å². The second-order valence-corrected chi connectivity index (χ2v) is 8.80. The van der Waals surface area contributed by atoms with E-state index in [1.54, 1.807) is 20.8 Å². The summed E-state index contributed by atoms with van der Waals surface area (Å²) in [4.78, 5) is 0. The zero-order valence-corrected chi connectivity index (χ0v) is 11.8. The van der Waals surface area contributed by atoms with Crippen molar-refractivity contribution in [1.29, 1.82) is 0 Å². The SMILES string of the molecule is CC(C)(C)S(=O)(=O)NC1(C[C@H]2CO2)CCCC1. The minimum Gasteiger partial charge on any atom is -0.373 e. The fourth-order valence-corrected chi connectivity index (χ4v) is 3.62. The van der Waals surface area contributed by atoms with Crippen LogP contribution in [-0.4, -0.2) is 31.4 Å². The van der Waals surface area contributed by atoms with Gasteiger partial charge in [0, 0.05) is 5.54 Å². The Morgan fingerprint density at radius 2 is 1.82 bits per heavy atom. The van der Waals surface area contributed by atoms with Gasteiger partial charge in [0.05, 0.1) is 17.5 Å². The predicted octanol–water partition coefficient (Wildman–Crippen LogP) is 1.81. The van der Waals surface area contributed by atoms with Crippen molar-refractivity contribution in [2.75, 3.05) is 6.61 Å². The van der Waals surface area contributed by atoms with Crippen molar-refractivity contribution in [3.63, 3.8) is 0 Å². The predicted molar refractivity (Wildman–Crippen MR) is 67.4 cm³/mol. The molecule has 0 amide bonds. The molecule has 100 valence electrons. The average Bonchev–Trinajstić information content (AvgIpc) is 2.83. The smallest absolute Gasteiger partial charge is 0.217 e. The van der Waals surface area contributed by atoms with Gasteiger partial charge in [-0.1, -0.05) is 12.8 Å². The van der Waals surface area contributed by atoms with Crippen LogP contribution in [0.5, 0.6) is 0 Å².